The van der Waals surface area contributed by atoms with Gasteiger partial charge in [-0.2, -0.15) is 0 Å². The normalized spacial score (nSPS) is 24.9. The van der Waals surface area contributed by atoms with E-state index < -0.39 is 0 Å². The van der Waals surface area contributed by atoms with Gasteiger partial charge in [0.15, 0.2) is 0 Å². The van der Waals surface area contributed by atoms with Crippen molar-refractivity contribution in [1.82, 2.24) is 0 Å². The van der Waals surface area contributed by atoms with Crippen LogP contribution in [0.1, 0.15) is 77.0 Å². The van der Waals surface area contributed by atoms with Crippen LogP contribution < -0.4 is 0 Å². The second kappa shape index (κ2) is 12.2. The predicted octanol–water partition coefficient (Wildman–Crippen LogP) is 5.25. The summed E-state index contributed by atoms with van der Waals surface area (Å²) in [5.41, 5.74) is 0. The molecule has 0 N–H and O–H groups in total. The average Bonchev–Trinajstić information content (AvgIpc) is 2.35. The Hall–Kier alpha value is -0.300. The maximum absolute atomic E-state index is 5.65. The smallest absolute Gasteiger partial charge is 0.0466 e. The molecule has 0 unspecified atom stereocenters. The van der Waals surface area contributed by atoms with E-state index in [0.717, 1.165) is 13.2 Å². The quantitative estimate of drug-likeness (QED) is 0.523. The Bertz CT molecular complexity index is 156. The molecule has 0 aliphatic carbocycles. The van der Waals surface area contributed by atoms with Crippen LogP contribution in [0.4, 0.5) is 0 Å². The molecule has 100 valence electrons. The molecule has 0 radical (unpaired) electrons. The van der Waals surface area contributed by atoms with Crippen LogP contribution in [0, 0.1) is 0 Å². The first-order chi connectivity index (χ1) is 8.50. The van der Waals surface area contributed by atoms with E-state index in [2.05, 4.69) is 12.2 Å². The Labute approximate surface area is 108 Å². The van der Waals surface area contributed by atoms with Crippen molar-refractivity contribution in [2.24, 2.45) is 0 Å². The van der Waals surface area contributed by atoms with Crippen molar-refractivity contribution >= 4 is 0 Å². The lowest BCUT2D eigenvalue weighted by atomic mass is 10.1. The van der Waals surface area contributed by atoms with Gasteiger partial charge in [0.2, 0.25) is 0 Å². The summed E-state index contributed by atoms with van der Waals surface area (Å²) in [6.45, 7) is 1.97. The second-order valence-electron chi connectivity index (χ2n) is 5.20. The molecule has 0 spiro atoms. The zero-order chi connectivity index (χ0) is 12.0. The molecule has 0 aromatic rings. The van der Waals surface area contributed by atoms with Gasteiger partial charge in [-0.05, 0) is 38.5 Å². The molecule has 1 heteroatoms. The van der Waals surface area contributed by atoms with Crippen LogP contribution in [0.2, 0.25) is 0 Å². The second-order valence-corrected chi connectivity index (χ2v) is 5.20. The van der Waals surface area contributed by atoms with Crippen LogP contribution in [0.3, 0.4) is 0 Å². The molecule has 0 saturated heterocycles. The molecule has 0 aromatic carbocycles. The van der Waals surface area contributed by atoms with Gasteiger partial charge < -0.3 is 4.74 Å². The fraction of sp³-hybridized carbons (Fsp3) is 0.875. The minimum atomic E-state index is 0.982. The summed E-state index contributed by atoms with van der Waals surface area (Å²) in [7, 11) is 0. The molecule has 1 aliphatic heterocycles. The van der Waals surface area contributed by atoms with Crippen LogP contribution in [0.15, 0.2) is 12.2 Å². The van der Waals surface area contributed by atoms with Crippen molar-refractivity contribution in [2.75, 3.05) is 13.2 Å². The molecule has 1 heterocycles. The lowest BCUT2D eigenvalue weighted by Crippen LogP contribution is -1.97. The van der Waals surface area contributed by atoms with E-state index in [4.69, 9.17) is 4.74 Å². The fourth-order valence-corrected chi connectivity index (χ4v) is 2.33. The Morgan fingerprint density at radius 1 is 0.471 bits per heavy atom. The molecule has 0 bridgehead atoms. The molecule has 0 atom stereocenters. The third-order valence-corrected chi connectivity index (χ3v) is 3.49. The molecule has 0 saturated carbocycles. The molecule has 0 aromatic heterocycles. The predicted molar refractivity (Wildman–Crippen MR) is 75.4 cm³/mol. The van der Waals surface area contributed by atoms with E-state index in [9.17, 15) is 0 Å². The number of rotatable bonds is 0. The van der Waals surface area contributed by atoms with Crippen LogP contribution >= 0.6 is 0 Å². The van der Waals surface area contributed by atoms with Crippen molar-refractivity contribution in [3.05, 3.63) is 12.2 Å². The highest BCUT2D eigenvalue weighted by Gasteiger charge is 1.94. The highest BCUT2D eigenvalue weighted by Crippen LogP contribution is 2.10. The van der Waals surface area contributed by atoms with E-state index >= 15 is 0 Å². The van der Waals surface area contributed by atoms with Crippen molar-refractivity contribution in [2.45, 2.75) is 77.0 Å². The standard InChI is InChI=1S/C16H30O/c1-2-4-6-8-10-12-14-16-17-15-13-11-9-7-5-3-1/h1,3H,2,4-16H2/b3-1-. The van der Waals surface area contributed by atoms with Crippen LogP contribution in [-0.2, 0) is 4.74 Å². The number of allylic oxidation sites excluding steroid dienone is 2. The van der Waals surface area contributed by atoms with E-state index in [-0.39, 0.29) is 0 Å². The number of hydrogen-bond acceptors (Lipinski definition) is 1. The van der Waals surface area contributed by atoms with Crippen LogP contribution in [-0.4, -0.2) is 13.2 Å². The summed E-state index contributed by atoms with van der Waals surface area (Å²) in [6.07, 6.45) is 20.9. The number of ether oxygens (including phenoxy) is 1. The van der Waals surface area contributed by atoms with E-state index in [1.165, 1.54) is 77.0 Å². The van der Waals surface area contributed by atoms with Gasteiger partial charge in [-0.3, -0.25) is 0 Å². The highest BCUT2D eigenvalue weighted by atomic mass is 16.5. The topological polar surface area (TPSA) is 9.23 Å². The Kier molecular flexibility index (Phi) is 10.6. The maximum atomic E-state index is 5.65. The van der Waals surface area contributed by atoms with Gasteiger partial charge in [-0.1, -0.05) is 50.7 Å². The summed E-state index contributed by atoms with van der Waals surface area (Å²) in [5.74, 6) is 0. The van der Waals surface area contributed by atoms with Gasteiger partial charge >= 0.3 is 0 Å². The van der Waals surface area contributed by atoms with Gasteiger partial charge in [0.05, 0.1) is 0 Å². The van der Waals surface area contributed by atoms with E-state index in [1.54, 1.807) is 0 Å². The molecule has 1 aliphatic rings. The van der Waals surface area contributed by atoms with Gasteiger partial charge in [-0.15, -0.1) is 0 Å². The van der Waals surface area contributed by atoms with Crippen LogP contribution in [0.25, 0.3) is 0 Å². The zero-order valence-electron chi connectivity index (χ0n) is 11.5. The molecular weight excluding hydrogens is 208 g/mol. The first-order valence-electron chi connectivity index (χ1n) is 7.73. The van der Waals surface area contributed by atoms with Crippen molar-refractivity contribution in [1.29, 1.82) is 0 Å². The maximum Gasteiger partial charge on any atom is 0.0466 e. The van der Waals surface area contributed by atoms with Crippen molar-refractivity contribution in [3.8, 4) is 0 Å². The molecule has 1 nitrogen and oxygen atoms in total. The van der Waals surface area contributed by atoms with Gasteiger partial charge in [0.25, 0.3) is 0 Å². The summed E-state index contributed by atoms with van der Waals surface area (Å²) < 4.78 is 5.65. The summed E-state index contributed by atoms with van der Waals surface area (Å²) in [6, 6.07) is 0. The Balaban J connectivity index is 2.07. The molecular formula is C16H30O. The van der Waals surface area contributed by atoms with Crippen LogP contribution in [0.5, 0.6) is 0 Å². The number of hydrogen-bond donors (Lipinski definition) is 0. The summed E-state index contributed by atoms with van der Waals surface area (Å²) in [5, 5.41) is 0. The average molecular weight is 238 g/mol. The Morgan fingerprint density at radius 3 is 1.41 bits per heavy atom. The SMILES string of the molecule is C1=C\CCCCCCOCCCCCCCC/1. The van der Waals surface area contributed by atoms with Crippen molar-refractivity contribution < 1.29 is 4.74 Å². The lowest BCUT2D eigenvalue weighted by Gasteiger charge is -2.04. The summed E-state index contributed by atoms with van der Waals surface area (Å²) in [4.78, 5) is 0. The third-order valence-electron chi connectivity index (χ3n) is 3.49. The Morgan fingerprint density at radius 2 is 0.882 bits per heavy atom. The van der Waals surface area contributed by atoms with E-state index in [1.807, 2.05) is 0 Å². The zero-order valence-corrected chi connectivity index (χ0v) is 11.5. The highest BCUT2D eigenvalue weighted by molar-refractivity contribution is 4.81. The molecule has 17 heavy (non-hydrogen) atoms. The first kappa shape index (κ1) is 14.8. The van der Waals surface area contributed by atoms with Crippen molar-refractivity contribution in [3.63, 3.8) is 0 Å². The molecule has 1 rings (SSSR count). The lowest BCUT2D eigenvalue weighted by molar-refractivity contribution is 0.125. The summed E-state index contributed by atoms with van der Waals surface area (Å²) >= 11 is 0. The van der Waals surface area contributed by atoms with Gasteiger partial charge in [0, 0.05) is 13.2 Å². The monoisotopic (exact) mass is 238 g/mol. The molecule has 0 fully saturated rings. The van der Waals surface area contributed by atoms with Gasteiger partial charge in [0.1, 0.15) is 0 Å². The minimum absolute atomic E-state index is 0.982. The van der Waals surface area contributed by atoms with Gasteiger partial charge in [-0.25, -0.2) is 0 Å². The fourth-order valence-electron chi connectivity index (χ4n) is 2.33. The largest absolute Gasteiger partial charge is 0.381 e. The molecule has 0 amide bonds. The minimum Gasteiger partial charge on any atom is -0.381 e. The first-order valence-corrected chi connectivity index (χ1v) is 7.73. The van der Waals surface area contributed by atoms with E-state index in [0.29, 0.717) is 0 Å². The third kappa shape index (κ3) is 10.6.